The fourth-order valence-electron chi connectivity index (χ4n) is 1.42. The van der Waals surface area contributed by atoms with E-state index in [0.29, 0.717) is 0 Å². The van der Waals surface area contributed by atoms with Gasteiger partial charge in [0.25, 0.3) is 0 Å². The summed E-state index contributed by atoms with van der Waals surface area (Å²) in [6.07, 6.45) is 0.157. The third kappa shape index (κ3) is 4.78. The van der Waals surface area contributed by atoms with Gasteiger partial charge in [0.15, 0.2) is 0 Å². The summed E-state index contributed by atoms with van der Waals surface area (Å²) in [6, 6.07) is 8.87. The van der Waals surface area contributed by atoms with Gasteiger partial charge in [0, 0.05) is 6.42 Å². The van der Waals surface area contributed by atoms with Gasteiger partial charge in [0.1, 0.15) is 18.4 Å². The molecule has 92 valence electrons. The Balaban J connectivity index is 2.45. The molecule has 1 aromatic rings. The molecule has 0 saturated carbocycles. The minimum Gasteiger partial charge on any atom is -0.460 e. The predicted molar refractivity (Wildman–Crippen MR) is 64.4 cm³/mol. The topological polar surface area (TPSA) is 55.4 Å². The van der Waals surface area contributed by atoms with Crippen LogP contribution in [0.15, 0.2) is 30.3 Å². The molecule has 17 heavy (non-hydrogen) atoms. The van der Waals surface area contributed by atoms with Crippen molar-refractivity contribution in [2.75, 3.05) is 7.05 Å². The van der Waals surface area contributed by atoms with Gasteiger partial charge >= 0.3 is 5.97 Å². The van der Waals surface area contributed by atoms with Gasteiger partial charge in [-0.15, -0.1) is 0 Å². The molecule has 1 atom stereocenters. The Morgan fingerprint density at radius 2 is 1.94 bits per heavy atom. The van der Waals surface area contributed by atoms with Gasteiger partial charge in [0.2, 0.25) is 0 Å². The third-order valence-corrected chi connectivity index (χ3v) is 2.35. The second-order valence-electron chi connectivity index (χ2n) is 3.84. The number of esters is 1. The quantitative estimate of drug-likeness (QED) is 0.755. The number of carbonyl (C=O) groups excluding carboxylic acids is 2. The summed E-state index contributed by atoms with van der Waals surface area (Å²) >= 11 is 0. The number of ether oxygens (including phenoxy) is 1. The summed E-state index contributed by atoms with van der Waals surface area (Å²) in [6.45, 7) is 1.69. The van der Waals surface area contributed by atoms with Crippen LogP contribution in [0.4, 0.5) is 0 Å². The van der Waals surface area contributed by atoms with Gasteiger partial charge in [-0.1, -0.05) is 30.3 Å². The summed E-state index contributed by atoms with van der Waals surface area (Å²) in [7, 11) is 1.64. The molecular formula is C13H17NO3. The molecule has 1 N–H and O–H groups in total. The summed E-state index contributed by atoms with van der Waals surface area (Å²) in [4.78, 5) is 22.6. The lowest BCUT2D eigenvalue weighted by atomic mass is 10.1. The first-order chi connectivity index (χ1) is 8.13. The minimum atomic E-state index is -0.559. The zero-order valence-electron chi connectivity index (χ0n) is 10.1. The standard InChI is InChI=1S/C13H17NO3/c1-10(15)8-12(14-2)13(16)17-9-11-6-4-3-5-7-11/h3-7,12,14H,8-9H2,1-2H3/t12-/m0/s1. The molecule has 1 aromatic carbocycles. The number of likely N-dealkylation sites (N-methyl/N-ethyl adjacent to an activating group) is 1. The van der Waals surface area contributed by atoms with Gasteiger partial charge < -0.3 is 10.1 Å². The van der Waals surface area contributed by atoms with E-state index in [0.717, 1.165) is 5.56 Å². The van der Waals surface area contributed by atoms with Gasteiger partial charge in [-0.05, 0) is 19.5 Å². The normalized spacial score (nSPS) is 11.9. The monoisotopic (exact) mass is 235 g/mol. The molecule has 0 heterocycles. The van der Waals surface area contributed by atoms with Crippen LogP contribution in [0.2, 0.25) is 0 Å². The molecule has 0 unspecified atom stereocenters. The van der Waals surface area contributed by atoms with Crippen molar-refractivity contribution in [3.8, 4) is 0 Å². The van der Waals surface area contributed by atoms with Crippen LogP contribution >= 0.6 is 0 Å². The average molecular weight is 235 g/mol. The summed E-state index contributed by atoms with van der Waals surface area (Å²) in [5.74, 6) is -0.437. The van der Waals surface area contributed by atoms with E-state index >= 15 is 0 Å². The van der Waals surface area contributed by atoms with Crippen molar-refractivity contribution < 1.29 is 14.3 Å². The lowest BCUT2D eigenvalue weighted by Gasteiger charge is -2.13. The van der Waals surface area contributed by atoms with E-state index in [9.17, 15) is 9.59 Å². The Kier molecular flexibility index (Phi) is 5.36. The molecule has 0 radical (unpaired) electrons. The number of nitrogens with one attached hydrogen (secondary N) is 1. The Labute approximate surface area is 101 Å². The van der Waals surface area contributed by atoms with Crippen molar-refractivity contribution in [2.45, 2.75) is 26.0 Å². The maximum atomic E-state index is 11.6. The smallest absolute Gasteiger partial charge is 0.323 e. The Bertz CT molecular complexity index is 376. The highest BCUT2D eigenvalue weighted by atomic mass is 16.5. The van der Waals surface area contributed by atoms with Crippen LogP contribution in [0, 0.1) is 0 Å². The van der Waals surface area contributed by atoms with E-state index < -0.39 is 12.0 Å². The molecule has 0 aliphatic rings. The van der Waals surface area contributed by atoms with Crippen LogP contribution < -0.4 is 5.32 Å². The SMILES string of the molecule is CN[C@@H](CC(C)=O)C(=O)OCc1ccccc1. The largest absolute Gasteiger partial charge is 0.460 e. The fraction of sp³-hybridized carbons (Fsp3) is 0.385. The number of benzene rings is 1. The average Bonchev–Trinajstić information content (AvgIpc) is 2.34. The van der Waals surface area contributed by atoms with E-state index in [-0.39, 0.29) is 18.8 Å². The van der Waals surface area contributed by atoms with E-state index in [4.69, 9.17) is 4.74 Å². The second-order valence-corrected chi connectivity index (χ2v) is 3.84. The van der Waals surface area contributed by atoms with Crippen LogP contribution in [0.5, 0.6) is 0 Å². The lowest BCUT2D eigenvalue weighted by molar-refractivity contribution is -0.148. The molecule has 4 nitrogen and oxygen atoms in total. The first-order valence-corrected chi connectivity index (χ1v) is 5.50. The second kappa shape index (κ2) is 6.81. The number of rotatable bonds is 6. The lowest BCUT2D eigenvalue weighted by Crippen LogP contribution is -2.37. The van der Waals surface area contributed by atoms with Crippen molar-refractivity contribution in [1.29, 1.82) is 0 Å². The molecule has 0 aliphatic carbocycles. The molecule has 0 bridgehead atoms. The molecule has 0 fully saturated rings. The van der Waals surface area contributed by atoms with E-state index in [1.165, 1.54) is 6.92 Å². The van der Waals surface area contributed by atoms with Gasteiger partial charge in [0.05, 0.1) is 0 Å². The Morgan fingerprint density at radius 3 is 2.47 bits per heavy atom. The summed E-state index contributed by atoms with van der Waals surface area (Å²) in [5.41, 5.74) is 0.929. The first kappa shape index (κ1) is 13.4. The van der Waals surface area contributed by atoms with E-state index in [1.807, 2.05) is 30.3 Å². The van der Waals surface area contributed by atoms with Crippen molar-refractivity contribution in [3.63, 3.8) is 0 Å². The van der Waals surface area contributed by atoms with Crippen LogP contribution in [0.1, 0.15) is 18.9 Å². The van der Waals surface area contributed by atoms with Crippen molar-refractivity contribution >= 4 is 11.8 Å². The first-order valence-electron chi connectivity index (χ1n) is 5.50. The maximum Gasteiger partial charge on any atom is 0.323 e. The van der Waals surface area contributed by atoms with E-state index in [2.05, 4.69) is 5.32 Å². The molecule has 1 rings (SSSR count). The fourth-order valence-corrected chi connectivity index (χ4v) is 1.42. The Morgan fingerprint density at radius 1 is 1.29 bits per heavy atom. The molecule has 4 heteroatoms. The van der Waals surface area contributed by atoms with Crippen LogP contribution in [0.25, 0.3) is 0 Å². The number of carbonyl (C=O) groups is 2. The molecule has 0 aliphatic heterocycles. The highest BCUT2D eigenvalue weighted by Gasteiger charge is 2.19. The van der Waals surface area contributed by atoms with E-state index in [1.54, 1.807) is 7.05 Å². The number of hydrogen-bond acceptors (Lipinski definition) is 4. The van der Waals surface area contributed by atoms with Crippen LogP contribution in [-0.4, -0.2) is 24.8 Å². The van der Waals surface area contributed by atoms with Crippen molar-refractivity contribution in [3.05, 3.63) is 35.9 Å². The predicted octanol–water partition coefficient (Wildman–Crippen LogP) is 1.30. The third-order valence-electron chi connectivity index (χ3n) is 2.35. The van der Waals surface area contributed by atoms with Crippen LogP contribution in [0.3, 0.4) is 0 Å². The molecule has 0 spiro atoms. The number of ketones is 1. The summed E-state index contributed by atoms with van der Waals surface area (Å²) in [5, 5.41) is 2.77. The van der Waals surface area contributed by atoms with Crippen molar-refractivity contribution in [2.24, 2.45) is 0 Å². The molecule has 0 amide bonds. The van der Waals surface area contributed by atoms with Gasteiger partial charge in [-0.3, -0.25) is 9.59 Å². The molecule has 0 aromatic heterocycles. The highest BCUT2D eigenvalue weighted by Crippen LogP contribution is 2.03. The molecule has 0 saturated heterocycles. The van der Waals surface area contributed by atoms with Gasteiger partial charge in [-0.2, -0.15) is 0 Å². The number of hydrogen-bond donors (Lipinski definition) is 1. The summed E-state index contributed by atoms with van der Waals surface area (Å²) < 4.78 is 5.13. The van der Waals surface area contributed by atoms with Crippen molar-refractivity contribution in [1.82, 2.24) is 5.32 Å². The maximum absolute atomic E-state index is 11.6. The Hall–Kier alpha value is -1.68. The zero-order valence-corrected chi connectivity index (χ0v) is 10.1. The van der Waals surface area contributed by atoms with Gasteiger partial charge in [-0.25, -0.2) is 0 Å². The zero-order chi connectivity index (χ0) is 12.7. The number of Topliss-reactive ketones (excluding diaryl/α,β-unsaturated/α-hetero) is 1. The molecular weight excluding hydrogens is 218 g/mol. The van der Waals surface area contributed by atoms with Crippen LogP contribution in [-0.2, 0) is 20.9 Å². The minimum absolute atomic E-state index is 0.0407. The highest BCUT2D eigenvalue weighted by molar-refractivity contribution is 5.85.